The molecule has 0 heterocycles. The Morgan fingerprint density at radius 2 is 1.87 bits per heavy atom. The molecule has 0 saturated carbocycles. The van der Waals surface area contributed by atoms with Crippen LogP contribution in [-0.2, 0) is 9.59 Å². The molecule has 0 aromatic carbocycles. The first-order valence-electron chi connectivity index (χ1n) is 5.04. The summed E-state index contributed by atoms with van der Waals surface area (Å²) >= 11 is 0. The van der Waals surface area contributed by atoms with Gasteiger partial charge in [0.05, 0.1) is 0 Å². The molecule has 0 aromatic rings. The topological polar surface area (TPSA) is 118 Å². The lowest BCUT2D eigenvalue weighted by Gasteiger charge is -2.13. The predicted octanol–water partition coefficient (Wildman–Crippen LogP) is -0.966. The maximum Gasteiger partial charge on any atom is 0.326 e. The van der Waals surface area contributed by atoms with Crippen molar-refractivity contribution >= 4 is 11.9 Å². The molecule has 6 heteroatoms. The van der Waals surface area contributed by atoms with Crippen molar-refractivity contribution in [2.75, 3.05) is 13.1 Å². The number of carboxylic acid groups (broad SMARTS) is 1. The van der Waals surface area contributed by atoms with E-state index in [0.717, 1.165) is 6.42 Å². The third-order valence-electron chi connectivity index (χ3n) is 1.95. The zero-order valence-corrected chi connectivity index (χ0v) is 8.74. The van der Waals surface area contributed by atoms with Crippen LogP contribution in [-0.4, -0.2) is 36.1 Å². The van der Waals surface area contributed by atoms with E-state index in [0.29, 0.717) is 19.4 Å². The number of amides is 1. The number of carboxylic acids is 1. The van der Waals surface area contributed by atoms with Gasteiger partial charge in [0.15, 0.2) is 0 Å². The van der Waals surface area contributed by atoms with Gasteiger partial charge in [-0.25, -0.2) is 4.79 Å². The summed E-state index contributed by atoms with van der Waals surface area (Å²) < 4.78 is 0. The molecule has 0 bridgehead atoms. The summed E-state index contributed by atoms with van der Waals surface area (Å²) in [5.41, 5.74) is 10.5. The summed E-state index contributed by atoms with van der Waals surface area (Å²) in [5.74, 6) is -1.34. The second-order valence-corrected chi connectivity index (χ2v) is 3.28. The van der Waals surface area contributed by atoms with E-state index in [4.69, 9.17) is 16.6 Å². The van der Waals surface area contributed by atoms with Gasteiger partial charge in [-0.05, 0) is 25.8 Å². The van der Waals surface area contributed by atoms with Crippen LogP contribution in [0.25, 0.3) is 0 Å². The molecule has 0 unspecified atom stereocenters. The summed E-state index contributed by atoms with van der Waals surface area (Å²) in [4.78, 5) is 21.9. The molecule has 0 spiro atoms. The number of rotatable bonds is 8. The second kappa shape index (κ2) is 8.19. The smallest absolute Gasteiger partial charge is 0.326 e. The number of nitrogens with two attached hydrogens (primary N) is 2. The Bertz CT molecular complexity index is 209. The Kier molecular flexibility index (Phi) is 7.57. The molecule has 0 rings (SSSR count). The fraction of sp³-hybridized carbons (Fsp3) is 0.778. The molecule has 0 saturated heterocycles. The molecular weight excluding hydrogens is 198 g/mol. The second-order valence-electron chi connectivity index (χ2n) is 3.28. The molecular formula is C9H19N3O3. The minimum absolute atomic E-state index is 0.153. The first kappa shape index (κ1) is 13.9. The van der Waals surface area contributed by atoms with Crippen LogP contribution in [0.5, 0.6) is 0 Å². The van der Waals surface area contributed by atoms with Crippen LogP contribution in [0.3, 0.4) is 0 Å². The normalized spacial score (nSPS) is 12.1. The van der Waals surface area contributed by atoms with Gasteiger partial charge in [-0.3, -0.25) is 4.79 Å². The van der Waals surface area contributed by atoms with Crippen LogP contribution in [0.1, 0.15) is 25.7 Å². The number of hydrogen-bond acceptors (Lipinski definition) is 4. The maximum absolute atomic E-state index is 11.1. The molecule has 0 aliphatic heterocycles. The maximum atomic E-state index is 11.1. The van der Waals surface area contributed by atoms with Gasteiger partial charge in [0.2, 0.25) is 5.91 Å². The first-order valence-corrected chi connectivity index (χ1v) is 5.04. The number of carbonyl (C=O) groups excluding carboxylic acids is 1. The number of unbranched alkanes of at least 4 members (excludes halogenated alkanes) is 1. The van der Waals surface area contributed by atoms with Crippen molar-refractivity contribution in [2.24, 2.45) is 11.5 Å². The van der Waals surface area contributed by atoms with E-state index in [-0.39, 0.29) is 18.9 Å². The molecule has 0 aliphatic carbocycles. The van der Waals surface area contributed by atoms with Crippen LogP contribution >= 0.6 is 0 Å². The van der Waals surface area contributed by atoms with E-state index >= 15 is 0 Å². The summed E-state index contributed by atoms with van der Waals surface area (Å²) in [7, 11) is 0. The van der Waals surface area contributed by atoms with Crippen molar-refractivity contribution in [3.05, 3.63) is 0 Å². The number of aliphatic carboxylic acids is 1. The van der Waals surface area contributed by atoms with Crippen molar-refractivity contribution in [2.45, 2.75) is 31.7 Å². The highest BCUT2D eigenvalue weighted by Gasteiger charge is 2.18. The Morgan fingerprint density at radius 1 is 1.20 bits per heavy atom. The molecule has 6 nitrogen and oxygen atoms in total. The summed E-state index contributed by atoms with van der Waals surface area (Å²) in [6.45, 7) is 0.754. The lowest BCUT2D eigenvalue weighted by molar-refractivity contribution is -0.142. The van der Waals surface area contributed by atoms with Crippen LogP contribution in [0.15, 0.2) is 0 Å². The Hall–Kier alpha value is -1.14. The molecule has 1 atom stereocenters. The third kappa shape index (κ3) is 6.87. The quantitative estimate of drug-likeness (QED) is 0.390. The minimum atomic E-state index is -1.02. The van der Waals surface area contributed by atoms with Gasteiger partial charge in [0.1, 0.15) is 6.04 Å². The van der Waals surface area contributed by atoms with Gasteiger partial charge in [0, 0.05) is 13.0 Å². The molecule has 0 radical (unpaired) electrons. The SMILES string of the molecule is NCCCC[C@H](NC(=O)CCN)C(=O)O. The van der Waals surface area contributed by atoms with E-state index in [1.165, 1.54) is 0 Å². The highest BCUT2D eigenvalue weighted by molar-refractivity contribution is 5.83. The molecule has 1 amide bonds. The fourth-order valence-electron chi connectivity index (χ4n) is 1.15. The van der Waals surface area contributed by atoms with Crippen molar-refractivity contribution < 1.29 is 14.7 Å². The Balaban J connectivity index is 3.93. The van der Waals surface area contributed by atoms with Gasteiger partial charge in [-0.2, -0.15) is 0 Å². The number of nitrogens with one attached hydrogen (secondary N) is 1. The van der Waals surface area contributed by atoms with Gasteiger partial charge in [0.25, 0.3) is 0 Å². The first-order chi connectivity index (χ1) is 7.11. The average molecular weight is 217 g/mol. The fourth-order valence-corrected chi connectivity index (χ4v) is 1.15. The zero-order chi connectivity index (χ0) is 11.7. The number of carbonyl (C=O) groups is 2. The van der Waals surface area contributed by atoms with Gasteiger partial charge in [-0.1, -0.05) is 0 Å². The van der Waals surface area contributed by atoms with E-state index < -0.39 is 12.0 Å². The monoisotopic (exact) mass is 217 g/mol. The van der Waals surface area contributed by atoms with Crippen LogP contribution in [0, 0.1) is 0 Å². The zero-order valence-electron chi connectivity index (χ0n) is 8.74. The highest BCUT2D eigenvalue weighted by atomic mass is 16.4. The standard InChI is InChI=1S/C9H19N3O3/c10-5-2-1-3-7(9(14)15)12-8(13)4-6-11/h7H,1-6,10-11H2,(H,12,13)(H,14,15)/t7-/m0/s1. The van der Waals surface area contributed by atoms with Crippen molar-refractivity contribution in [3.8, 4) is 0 Å². The lowest BCUT2D eigenvalue weighted by atomic mass is 10.1. The van der Waals surface area contributed by atoms with Crippen LogP contribution in [0.4, 0.5) is 0 Å². The Morgan fingerprint density at radius 3 is 2.33 bits per heavy atom. The van der Waals surface area contributed by atoms with Gasteiger partial charge in [-0.15, -0.1) is 0 Å². The van der Waals surface area contributed by atoms with E-state index in [9.17, 15) is 9.59 Å². The summed E-state index contributed by atoms with van der Waals surface area (Å²) in [5, 5.41) is 11.2. The van der Waals surface area contributed by atoms with E-state index in [1.807, 2.05) is 0 Å². The molecule has 88 valence electrons. The highest BCUT2D eigenvalue weighted by Crippen LogP contribution is 2.00. The average Bonchev–Trinajstić information content (AvgIpc) is 2.16. The van der Waals surface area contributed by atoms with Crippen molar-refractivity contribution in [1.82, 2.24) is 5.32 Å². The van der Waals surface area contributed by atoms with Crippen LogP contribution in [0.2, 0.25) is 0 Å². The third-order valence-corrected chi connectivity index (χ3v) is 1.95. The molecule has 6 N–H and O–H groups in total. The number of hydrogen-bond donors (Lipinski definition) is 4. The van der Waals surface area contributed by atoms with E-state index in [2.05, 4.69) is 5.32 Å². The Labute approximate surface area is 89.0 Å². The lowest BCUT2D eigenvalue weighted by Crippen LogP contribution is -2.41. The van der Waals surface area contributed by atoms with Gasteiger partial charge < -0.3 is 21.9 Å². The molecule has 0 fully saturated rings. The van der Waals surface area contributed by atoms with Crippen LogP contribution < -0.4 is 16.8 Å². The minimum Gasteiger partial charge on any atom is -0.480 e. The molecule has 0 aromatic heterocycles. The predicted molar refractivity (Wildman–Crippen MR) is 56.1 cm³/mol. The largest absolute Gasteiger partial charge is 0.480 e. The van der Waals surface area contributed by atoms with Crippen molar-refractivity contribution in [1.29, 1.82) is 0 Å². The summed E-state index contributed by atoms with van der Waals surface area (Å²) in [6.07, 6.45) is 2.01. The summed E-state index contributed by atoms with van der Waals surface area (Å²) in [6, 6.07) is -0.824. The molecule has 0 aliphatic rings. The van der Waals surface area contributed by atoms with Crippen molar-refractivity contribution in [3.63, 3.8) is 0 Å². The van der Waals surface area contributed by atoms with Gasteiger partial charge >= 0.3 is 5.97 Å². The molecule has 15 heavy (non-hydrogen) atoms. The van der Waals surface area contributed by atoms with E-state index in [1.54, 1.807) is 0 Å².